The molecule has 9 nitrogen and oxygen atoms in total. The van der Waals surface area contributed by atoms with Gasteiger partial charge in [-0.25, -0.2) is 9.59 Å². The Balaban J connectivity index is 1.89. The molecule has 2 amide bonds. The number of benzene rings is 3. The molecule has 0 radical (unpaired) electrons. The first-order chi connectivity index (χ1) is 16.2. The number of carboxylic acids is 1. The van der Waals surface area contributed by atoms with E-state index in [-0.39, 0.29) is 16.7 Å². The molecule has 0 atom stereocenters. The molecule has 0 spiro atoms. The Morgan fingerprint density at radius 3 is 1.82 bits per heavy atom. The molecule has 34 heavy (non-hydrogen) atoms. The number of carbonyl (C=O) groups excluding carboxylic acids is 3. The van der Waals surface area contributed by atoms with Crippen LogP contribution in [0.1, 0.15) is 47.0 Å². The number of aryl methyl sites for hydroxylation is 1. The SMILES string of the molecule is CNC(=O)c1cc(C(=O)Nc2ccc(Oc3ccc(C)cc3)cc2)c(C(=O)OC)cc1C(=O)O. The number of hydrogen-bond donors (Lipinski definition) is 3. The molecule has 0 heterocycles. The normalized spacial score (nSPS) is 10.2. The van der Waals surface area contributed by atoms with Crippen molar-refractivity contribution < 1.29 is 33.8 Å². The minimum atomic E-state index is -1.43. The molecule has 0 fully saturated rings. The van der Waals surface area contributed by atoms with Gasteiger partial charge in [0.25, 0.3) is 11.8 Å². The van der Waals surface area contributed by atoms with Crippen LogP contribution in [0.25, 0.3) is 0 Å². The number of anilines is 1. The van der Waals surface area contributed by atoms with Crippen molar-refractivity contribution in [3.8, 4) is 11.5 Å². The maximum absolute atomic E-state index is 13.0. The molecule has 3 aromatic rings. The summed E-state index contributed by atoms with van der Waals surface area (Å²) in [4.78, 5) is 49.0. The summed E-state index contributed by atoms with van der Waals surface area (Å²) >= 11 is 0. The van der Waals surface area contributed by atoms with Crippen molar-refractivity contribution in [2.75, 3.05) is 19.5 Å². The lowest BCUT2D eigenvalue weighted by molar-refractivity contribution is 0.0597. The predicted octanol–water partition coefficient (Wildman–Crippen LogP) is 3.88. The van der Waals surface area contributed by atoms with E-state index in [0.717, 1.165) is 24.8 Å². The summed E-state index contributed by atoms with van der Waals surface area (Å²) in [5, 5.41) is 14.4. The Bertz CT molecular complexity index is 1250. The van der Waals surface area contributed by atoms with Crippen molar-refractivity contribution in [3.63, 3.8) is 0 Å². The molecule has 0 saturated carbocycles. The summed E-state index contributed by atoms with van der Waals surface area (Å²) in [6.45, 7) is 1.97. The number of esters is 1. The molecule has 0 bridgehead atoms. The topological polar surface area (TPSA) is 131 Å². The highest BCUT2D eigenvalue weighted by molar-refractivity contribution is 6.15. The molecular formula is C25H22N2O7. The fourth-order valence-electron chi connectivity index (χ4n) is 3.11. The number of carbonyl (C=O) groups is 4. The van der Waals surface area contributed by atoms with Gasteiger partial charge in [0, 0.05) is 12.7 Å². The number of amides is 2. The summed E-state index contributed by atoms with van der Waals surface area (Å²) in [5.74, 6) is -2.59. The quantitative estimate of drug-likeness (QED) is 0.454. The van der Waals surface area contributed by atoms with Crippen molar-refractivity contribution >= 4 is 29.4 Å². The second-order valence-corrected chi connectivity index (χ2v) is 7.21. The average molecular weight is 462 g/mol. The minimum Gasteiger partial charge on any atom is -0.478 e. The molecule has 0 aliphatic carbocycles. The monoisotopic (exact) mass is 462 g/mol. The summed E-state index contributed by atoms with van der Waals surface area (Å²) in [7, 11) is 2.42. The summed E-state index contributed by atoms with van der Waals surface area (Å²) in [6.07, 6.45) is 0. The third-order valence-electron chi connectivity index (χ3n) is 4.88. The zero-order chi connectivity index (χ0) is 24.8. The van der Waals surface area contributed by atoms with Gasteiger partial charge in [-0.2, -0.15) is 0 Å². The van der Waals surface area contributed by atoms with Crippen LogP contribution in [0, 0.1) is 6.92 Å². The fraction of sp³-hybridized carbons (Fsp3) is 0.120. The standard InChI is InChI=1S/C25H22N2O7/c1-14-4-8-16(9-5-14)34-17-10-6-15(7-11-17)27-23(29)19-12-18(22(28)26-2)20(24(30)31)13-21(19)25(32)33-3/h4-13H,1-3H3,(H,26,28)(H,27,29)(H,30,31). The number of rotatable bonds is 7. The van der Waals surface area contributed by atoms with Gasteiger partial charge in [0.2, 0.25) is 0 Å². The van der Waals surface area contributed by atoms with E-state index in [9.17, 15) is 24.3 Å². The lowest BCUT2D eigenvalue weighted by Gasteiger charge is -2.13. The highest BCUT2D eigenvalue weighted by Gasteiger charge is 2.26. The second kappa shape index (κ2) is 10.3. The van der Waals surface area contributed by atoms with Gasteiger partial charge in [0.05, 0.1) is 29.4 Å². The van der Waals surface area contributed by atoms with Gasteiger partial charge >= 0.3 is 11.9 Å². The third kappa shape index (κ3) is 5.39. The largest absolute Gasteiger partial charge is 0.478 e. The number of nitrogens with one attached hydrogen (secondary N) is 2. The summed E-state index contributed by atoms with van der Waals surface area (Å²) in [5.41, 5.74) is 0.289. The molecule has 3 aromatic carbocycles. The van der Waals surface area contributed by atoms with Gasteiger partial charge in [-0.05, 0) is 55.5 Å². The van der Waals surface area contributed by atoms with Gasteiger partial charge in [0.15, 0.2) is 0 Å². The van der Waals surface area contributed by atoms with E-state index < -0.39 is 29.3 Å². The Kier molecular flexibility index (Phi) is 7.27. The average Bonchev–Trinajstić information content (AvgIpc) is 2.84. The maximum Gasteiger partial charge on any atom is 0.338 e. The fourth-order valence-corrected chi connectivity index (χ4v) is 3.11. The number of hydrogen-bond acceptors (Lipinski definition) is 6. The van der Waals surface area contributed by atoms with Crippen LogP contribution in [0.15, 0.2) is 60.7 Å². The lowest BCUT2D eigenvalue weighted by atomic mass is 9.97. The summed E-state index contributed by atoms with van der Waals surface area (Å²) in [6, 6.07) is 16.0. The van der Waals surface area contributed by atoms with E-state index in [0.29, 0.717) is 17.2 Å². The molecule has 0 aliphatic rings. The molecule has 0 aromatic heterocycles. The second-order valence-electron chi connectivity index (χ2n) is 7.21. The zero-order valence-corrected chi connectivity index (χ0v) is 18.7. The number of methoxy groups -OCH3 is 1. The van der Waals surface area contributed by atoms with Gasteiger partial charge in [-0.15, -0.1) is 0 Å². The van der Waals surface area contributed by atoms with Crippen LogP contribution in [-0.2, 0) is 4.74 Å². The van der Waals surface area contributed by atoms with Gasteiger partial charge < -0.3 is 25.2 Å². The number of ether oxygens (including phenoxy) is 2. The highest BCUT2D eigenvalue weighted by atomic mass is 16.5. The van der Waals surface area contributed by atoms with Crippen LogP contribution in [0.2, 0.25) is 0 Å². The summed E-state index contributed by atoms with van der Waals surface area (Å²) < 4.78 is 10.4. The number of carboxylic acid groups (broad SMARTS) is 1. The molecule has 0 aliphatic heterocycles. The maximum atomic E-state index is 13.0. The smallest absolute Gasteiger partial charge is 0.338 e. The van der Waals surface area contributed by atoms with Gasteiger partial charge in [-0.3, -0.25) is 9.59 Å². The van der Waals surface area contributed by atoms with Crippen LogP contribution in [0.5, 0.6) is 11.5 Å². The first-order valence-corrected chi connectivity index (χ1v) is 10.1. The predicted molar refractivity (Wildman–Crippen MR) is 124 cm³/mol. The van der Waals surface area contributed by atoms with Crippen molar-refractivity contribution in [1.82, 2.24) is 5.32 Å². The van der Waals surface area contributed by atoms with Crippen molar-refractivity contribution in [2.45, 2.75) is 6.92 Å². The van der Waals surface area contributed by atoms with Crippen molar-refractivity contribution in [2.24, 2.45) is 0 Å². The first kappa shape index (κ1) is 24.0. The first-order valence-electron chi connectivity index (χ1n) is 10.1. The van der Waals surface area contributed by atoms with Crippen LogP contribution in [-0.4, -0.2) is 43.0 Å². The Labute approximate surface area is 195 Å². The Hall–Kier alpha value is -4.66. The highest BCUT2D eigenvalue weighted by Crippen LogP contribution is 2.25. The minimum absolute atomic E-state index is 0.213. The van der Waals surface area contributed by atoms with E-state index in [1.165, 1.54) is 7.05 Å². The molecular weight excluding hydrogens is 440 g/mol. The third-order valence-corrected chi connectivity index (χ3v) is 4.88. The van der Waals surface area contributed by atoms with Crippen LogP contribution < -0.4 is 15.4 Å². The van der Waals surface area contributed by atoms with Crippen molar-refractivity contribution in [3.05, 3.63) is 88.5 Å². The Morgan fingerprint density at radius 2 is 1.29 bits per heavy atom. The molecule has 174 valence electrons. The lowest BCUT2D eigenvalue weighted by Crippen LogP contribution is -2.25. The van der Waals surface area contributed by atoms with Crippen molar-refractivity contribution in [1.29, 1.82) is 0 Å². The Morgan fingerprint density at radius 1 is 0.765 bits per heavy atom. The molecule has 3 N–H and O–H groups in total. The molecule has 0 saturated heterocycles. The molecule has 0 unspecified atom stereocenters. The van der Waals surface area contributed by atoms with E-state index in [4.69, 9.17) is 4.74 Å². The molecule has 9 heteroatoms. The van der Waals surface area contributed by atoms with E-state index >= 15 is 0 Å². The van der Waals surface area contributed by atoms with Gasteiger partial charge in [0.1, 0.15) is 11.5 Å². The van der Waals surface area contributed by atoms with E-state index in [1.54, 1.807) is 24.3 Å². The number of aromatic carboxylic acids is 1. The zero-order valence-electron chi connectivity index (χ0n) is 18.7. The van der Waals surface area contributed by atoms with Crippen LogP contribution in [0.3, 0.4) is 0 Å². The van der Waals surface area contributed by atoms with E-state index in [2.05, 4.69) is 15.4 Å². The molecule has 3 rings (SSSR count). The van der Waals surface area contributed by atoms with E-state index in [1.807, 2.05) is 31.2 Å². The van der Waals surface area contributed by atoms with Crippen LogP contribution >= 0.6 is 0 Å². The van der Waals surface area contributed by atoms with Gasteiger partial charge in [-0.1, -0.05) is 17.7 Å². The van der Waals surface area contributed by atoms with Crippen LogP contribution in [0.4, 0.5) is 5.69 Å².